The molecule has 0 amide bonds. The molecule has 0 radical (unpaired) electrons. The Bertz CT molecular complexity index is 642. The Morgan fingerprint density at radius 1 is 1.27 bits per heavy atom. The predicted molar refractivity (Wildman–Crippen MR) is 104 cm³/mol. The molecular formula is C21H31N3O2. The number of nitrogens with zero attached hydrogens (tertiary/aromatic N) is 2. The summed E-state index contributed by atoms with van der Waals surface area (Å²) >= 11 is 0. The summed E-state index contributed by atoms with van der Waals surface area (Å²) in [4.78, 5) is 7.02. The standard InChI is InChI=1S/C21H31N3O2/c1-22-20(23-14-18-15-25-12-13-26-18)24-11-5-10-21(16-24)9-4-7-17-6-2-3-8-19(17)21/h2-3,6,8,18H,4-5,7,9-16H2,1H3,(H,22,23). The van der Waals surface area contributed by atoms with Gasteiger partial charge in [-0.1, -0.05) is 24.3 Å². The lowest BCUT2D eigenvalue weighted by Crippen LogP contribution is -2.54. The van der Waals surface area contributed by atoms with Crippen molar-refractivity contribution in [2.75, 3.05) is 46.5 Å². The predicted octanol–water partition coefficient (Wildman–Crippen LogP) is 2.35. The van der Waals surface area contributed by atoms with Crippen LogP contribution < -0.4 is 5.32 Å². The number of piperidine rings is 1. The molecule has 1 N–H and O–H groups in total. The molecule has 5 nitrogen and oxygen atoms in total. The van der Waals surface area contributed by atoms with E-state index in [-0.39, 0.29) is 11.5 Å². The Balaban J connectivity index is 1.46. The molecule has 1 spiro atoms. The molecule has 0 saturated carbocycles. The maximum atomic E-state index is 5.76. The van der Waals surface area contributed by atoms with Crippen molar-refractivity contribution >= 4 is 5.96 Å². The second-order valence-corrected chi connectivity index (χ2v) is 7.81. The lowest BCUT2D eigenvalue weighted by molar-refractivity contribution is -0.0852. The lowest BCUT2D eigenvalue weighted by Gasteiger charge is -2.47. The van der Waals surface area contributed by atoms with Gasteiger partial charge in [-0.2, -0.15) is 0 Å². The molecule has 26 heavy (non-hydrogen) atoms. The minimum absolute atomic E-state index is 0.120. The average Bonchev–Trinajstić information content (AvgIpc) is 2.70. The van der Waals surface area contributed by atoms with Crippen molar-refractivity contribution in [3.8, 4) is 0 Å². The molecule has 142 valence electrons. The van der Waals surface area contributed by atoms with Gasteiger partial charge in [0.1, 0.15) is 0 Å². The summed E-state index contributed by atoms with van der Waals surface area (Å²) in [7, 11) is 1.89. The number of ether oxygens (including phenoxy) is 2. The van der Waals surface area contributed by atoms with Crippen LogP contribution in [0.2, 0.25) is 0 Å². The van der Waals surface area contributed by atoms with Gasteiger partial charge in [0.15, 0.2) is 5.96 Å². The number of aliphatic imine (C=N–C) groups is 1. The highest BCUT2D eigenvalue weighted by molar-refractivity contribution is 5.80. The van der Waals surface area contributed by atoms with Crippen LogP contribution in [0, 0.1) is 0 Å². The molecule has 2 unspecified atom stereocenters. The molecule has 2 aliphatic heterocycles. The van der Waals surface area contributed by atoms with E-state index in [0.29, 0.717) is 19.8 Å². The fraction of sp³-hybridized carbons (Fsp3) is 0.667. The van der Waals surface area contributed by atoms with E-state index in [1.807, 2.05) is 7.05 Å². The zero-order chi connectivity index (χ0) is 17.8. The normalized spacial score (nSPS) is 29.5. The van der Waals surface area contributed by atoms with Crippen LogP contribution >= 0.6 is 0 Å². The van der Waals surface area contributed by atoms with Crippen LogP contribution in [0.25, 0.3) is 0 Å². The molecule has 3 aliphatic rings. The largest absolute Gasteiger partial charge is 0.376 e. The van der Waals surface area contributed by atoms with Crippen molar-refractivity contribution < 1.29 is 9.47 Å². The van der Waals surface area contributed by atoms with Gasteiger partial charge in [0, 0.05) is 32.1 Å². The van der Waals surface area contributed by atoms with Crippen molar-refractivity contribution in [2.24, 2.45) is 4.99 Å². The Kier molecular flexibility index (Phi) is 5.46. The van der Waals surface area contributed by atoms with Crippen molar-refractivity contribution in [2.45, 2.75) is 43.6 Å². The van der Waals surface area contributed by atoms with Gasteiger partial charge in [-0.05, 0) is 43.2 Å². The first-order valence-electron chi connectivity index (χ1n) is 10.0. The number of nitrogens with one attached hydrogen (secondary N) is 1. The molecule has 5 heteroatoms. The van der Waals surface area contributed by atoms with E-state index in [9.17, 15) is 0 Å². The lowest BCUT2D eigenvalue weighted by atomic mass is 9.66. The summed E-state index contributed by atoms with van der Waals surface area (Å²) in [6, 6.07) is 9.08. The van der Waals surface area contributed by atoms with Crippen LogP contribution in [0.5, 0.6) is 0 Å². The highest BCUT2D eigenvalue weighted by Crippen LogP contribution is 2.43. The molecule has 2 atom stereocenters. The number of hydrogen-bond donors (Lipinski definition) is 1. The summed E-state index contributed by atoms with van der Waals surface area (Å²) in [6.45, 7) is 4.96. The minimum Gasteiger partial charge on any atom is -0.376 e. The molecule has 1 aromatic rings. The smallest absolute Gasteiger partial charge is 0.193 e. The molecule has 4 rings (SSSR count). The van der Waals surface area contributed by atoms with E-state index in [4.69, 9.17) is 9.47 Å². The molecule has 2 fully saturated rings. The summed E-state index contributed by atoms with van der Waals surface area (Å²) in [5.74, 6) is 1.00. The Morgan fingerprint density at radius 2 is 2.15 bits per heavy atom. The third kappa shape index (κ3) is 3.60. The third-order valence-electron chi connectivity index (χ3n) is 6.15. The fourth-order valence-corrected chi connectivity index (χ4v) is 4.94. The fourth-order valence-electron chi connectivity index (χ4n) is 4.94. The topological polar surface area (TPSA) is 46.1 Å². The second kappa shape index (κ2) is 7.97. The molecule has 2 heterocycles. The molecular weight excluding hydrogens is 326 g/mol. The van der Waals surface area contributed by atoms with Crippen molar-refractivity contribution in [3.63, 3.8) is 0 Å². The average molecular weight is 357 g/mol. The molecule has 0 bridgehead atoms. The molecule has 2 saturated heterocycles. The van der Waals surface area contributed by atoms with Gasteiger partial charge in [-0.15, -0.1) is 0 Å². The molecule has 1 aliphatic carbocycles. The van der Waals surface area contributed by atoms with Crippen molar-refractivity contribution in [1.29, 1.82) is 0 Å². The summed E-state index contributed by atoms with van der Waals surface area (Å²) < 4.78 is 11.3. The zero-order valence-corrected chi connectivity index (χ0v) is 15.9. The van der Waals surface area contributed by atoms with Crippen LogP contribution in [0.15, 0.2) is 29.3 Å². The number of aryl methyl sites for hydroxylation is 1. The number of hydrogen-bond acceptors (Lipinski definition) is 3. The van der Waals surface area contributed by atoms with Gasteiger partial charge in [0.2, 0.25) is 0 Å². The first-order chi connectivity index (χ1) is 12.8. The highest BCUT2D eigenvalue weighted by atomic mass is 16.6. The number of guanidine groups is 1. The monoisotopic (exact) mass is 357 g/mol. The van der Waals surface area contributed by atoms with E-state index in [2.05, 4.69) is 39.5 Å². The van der Waals surface area contributed by atoms with Crippen molar-refractivity contribution in [1.82, 2.24) is 10.2 Å². The van der Waals surface area contributed by atoms with Gasteiger partial charge < -0.3 is 19.7 Å². The first-order valence-corrected chi connectivity index (χ1v) is 10.0. The van der Waals surface area contributed by atoms with E-state index in [1.54, 1.807) is 11.1 Å². The Morgan fingerprint density at radius 3 is 3.00 bits per heavy atom. The quantitative estimate of drug-likeness (QED) is 0.652. The van der Waals surface area contributed by atoms with Gasteiger partial charge in [-0.25, -0.2) is 0 Å². The number of fused-ring (bicyclic) bond motifs is 2. The van der Waals surface area contributed by atoms with Gasteiger partial charge in [0.25, 0.3) is 0 Å². The van der Waals surface area contributed by atoms with E-state index < -0.39 is 0 Å². The van der Waals surface area contributed by atoms with Crippen LogP contribution in [-0.4, -0.2) is 63.5 Å². The summed E-state index contributed by atoms with van der Waals surface area (Å²) in [5.41, 5.74) is 3.42. The SMILES string of the molecule is CN=C(NCC1COCCO1)N1CCCC2(CCCc3ccccc32)C1. The first kappa shape index (κ1) is 17.8. The van der Waals surface area contributed by atoms with Gasteiger partial charge >= 0.3 is 0 Å². The Hall–Kier alpha value is -1.59. The minimum atomic E-state index is 0.120. The van der Waals surface area contributed by atoms with E-state index in [0.717, 1.165) is 25.6 Å². The van der Waals surface area contributed by atoms with E-state index >= 15 is 0 Å². The van der Waals surface area contributed by atoms with E-state index in [1.165, 1.54) is 32.1 Å². The van der Waals surface area contributed by atoms with Gasteiger partial charge in [0.05, 0.1) is 25.9 Å². The zero-order valence-electron chi connectivity index (χ0n) is 15.9. The number of rotatable bonds is 2. The van der Waals surface area contributed by atoms with Crippen LogP contribution in [0.1, 0.15) is 36.8 Å². The maximum absolute atomic E-state index is 5.76. The summed E-state index contributed by atoms with van der Waals surface area (Å²) in [6.07, 6.45) is 6.44. The number of likely N-dealkylation sites (tertiary alicyclic amines) is 1. The third-order valence-corrected chi connectivity index (χ3v) is 6.15. The van der Waals surface area contributed by atoms with Crippen LogP contribution in [0.4, 0.5) is 0 Å². The molecule has 1 aromatic carbocycles. The van der Waals surface area contributed by atoms with Crippen LogP contribution in [0.3, 0.4) is 0 Å². The van der Waals surface area contributed by atoms with Crippen molar-refractivity contribution in [3.05, 3.63) is 35.4 Å². The van der Waals surface area contributed by atoms with Gasteiger partial charge in [-0.3, -0.25) is 4.99 Å². The summed E-state index contributed by atoms with van der Waals surface area (Å²) in [5, 5.41) is 3.53. The Labute approximate surface area is 156 Å². The van der Waals surface area contributed by atoms with Crippen LogP contribution in [-0.2, 0) is 21.3 Å². The second-order valence-electron chi connectivity index (χ2n) is 7.81. The molecule has 0 aromatic heterocycles. The maximum Gasteiger partial charge on any atom is 0.193 e. The highest BCUT2D eigenvalue weighted by Gasteiger charge is 2.40. The number of benzene rings is 1.